The van der Waals surface area contributed by atoms with Gasteiger partial charge in [-0.05, 0) is 100 Å². The molecule has 8 unspecified atom stereocenters. The van der Waals surface area contributed by atoms with E-state index in [4.69, 9.17) is 9.47 Å². The first-order valence-electron chi connectivity index (χ1n) is 13.8. The van der Waals surface area contributed by atoms with E-state index in [9.17, 15) is 15.0 Å². The Hall–Kier alpha value is -1.17. The summed E-state index contributed by atoms with van der Waals surface area (Å²) in [7, 11) is 0. The molecule has 0 aromatic rings. The van der Waals surface area contributed by atoms with E-state index in [1.54, 1.807) is 0 Å². The molecule has 6 rings (SSSR count). The fraction of sp³-hybridized carbons (Fsp3) is 0.833. The number of aliphatic hydroxyl groups excluding tert-OH is 1. The van der Waals surface area contributed by atoms with Gasteiger partial charge in [-0.1, -0.05) is 39.8 Å². The third-order valence-corrected chi connectivity index (χ3v) is 12.3. The van der Waals surface area contributed by atoms with E-state index in [0.29, 0.717) is 18.8 Å². The highest BCUT2D eigenvalue weighted by Gasteiger charge is 2.84. The first-order chi connectivity index (χ1) is 16.1. The predicted molar refractivity (Wildman–Crippen MR) is 133 cm³/mol. The predicted octanol–water partition coefficient (Wildman–Crippen LogP) is 5.24. The second-order valence-corrected chi connectivity index (χ2v) is 14.5. The lowest BCUT2D eigenvalue weighted by Gasteiger charge is -2.60. The molecule has 4 aliphatic carbocycles. The molecule has 8 atom stereocenters. The largest absolute Gasteiger partial charge is 0.453 e. The van der Waals surface area contributed by atoms with Gasteiger partial charge in [-0.2, -0.15) is 0 Å². The molecule has 4 fully saturated rings. The SMILES string of the molecule is CC1(C)CCC(C2(C)OC(=O)C34CC=C5C(=CCC6C5(C)CCC(O)C6(C)C)C3(C)CCC24O)O1. The summed E-state index contributed by atoms with van der Waals surface area (Å²) in [6.45, 7) is 15.1. The number of rotatable bonds is 1. The summed E-state index contributed by atoms with van der Waals surface area (Å²) in [5.74, 6) is 0.0975. The van der Waals surface area contributed by atoms with Crippen LogP contribution in [-0.4, -0.2) is 45.2 Å². The number of fused-ring (bicyclic) bond motifs is 4. The zero-order chi connectivity index (χ0) is 25.4. The standard InChI is InChI=1S/C30H44O5/c1-24(2)13-12-22(34-24)28(7)30(33)17-16-27(6)19-8-9-20-25(3,4)21(31)11-14-26(20,5)18(19)10-15-29(27,30)23(32)35-28/h8,10,20-22,31,33H,9,11-17H2,1-7H3. The maximum absolute atomic E-state index is 14.0. The molecule has 194 valence electrons. The highest BCUT2D eigenvalue weighted by atomic mass is 16.6. The van der Waals surface area contributed by atoms with Crippen LogP contribution in [0.2, 0.25) is 0 Å². The first-order valence-corrected chi connectivity index (χ1v) is 13.8. The summed E-state index contributed by atoms with van der Waals surface area (Å²) < 4.78 is 12.7. The summed E-state index contributed by atoms with van der Waals surface area (Å²) in [5, 5.41) is 23.4. The molecule has 6 aliphatic rings. The molecule has 0 radical (unpaired) electrons. The van der Waals surface area contributed by atoms with Crippen LogP contribution in [0.5, 0.6) is 0 Å². The highest BCUT2D eigenvalue weighted by molar-refractivity contribution is 5.87. The number of hydrogen-bond donors (Lipinski definition) is 2. The lowest BCUT2D eigenvalue weighted by molar-refractivity contribution is -0.201. The van der Waals surface area contributed by atoms with Crippen molar-refractivity contribution in [1.82, 2.24) is 0 Å². The van der Waals surface area contributed by atoms with Crippen LogP contribution in [0, 0.1) is 27.6 Å². The molecule has 1 spiro atoms. The average Bonchev–Trinajstić information content (AvgIpc) is 3.32. The maximum atomic E-state index is 14.0. The van der Waals surface area contributed by atoms with Crippen molar-refractivity contribution in [2.24, 2.45) is 27.6 Å². The van der Waals surface area contributed by atoms with Crippen LogP contribution in [0.4, 0.5) is 0 Å². The molecule has 2 aliphatic heterocycles. The number of esters is 1. The molecule has 5 heteroatoms. The van der Waals surface area contributed by atoms with Gasteiger partial charge < -0.3 is 19.7 Å². The number of ether oxygens (including phenoxy) is 2. The Morgan fingerprint density at radius 1 is 0.914 bits per heavy atom. The van der Waals surface area contributed by atoms with Crippen LogP contribution in [0.3, 0.4) is 0 Å². The van der Waals surface area contributed by atoms with Crippen LogP contribution in [0.15, 0.2) is 23.3 Å². The normalized spacial score (nSPS) is 53.6. The van der Waals surface area contributed by atoms with Gasteiger partial charge in [0, 0.05) is 5.41 Å². The van der Waals surface area contributed by atoms with Gasteiger partial charge in [0.25, 0.3) is 0 Å². The Kier molecular flexibility index (Phi) is 4.58. The Bertz CT molecular complexity index is 1050. The number of carbonyl (C=O) groups is 1. The summed E-state index contributed by atoms with van der Waals surface area (Å²) in [6.07, 6.45) is 10.1. The lowest BCUT2D eigenvalue weighted by atomic mass is 9.43. The molecular formula is C30H44O5. The van der Waals surface area contributed by atoms with Crippen LogP contribution in [0.25, 0.3) is 0 Å². The minimum absolute atomic E-state index is 0.0391. The van der Waals surface area contributed by atoms with Crippen LogP contribution in [0.1, 0.15) is 99.8 Å². The number of cyclic esters (lactones) is 1. The number of aliphatic hydroxyl groups is 2. The molecule has 0 bridgehead atoms. The first kappa shape index (κ1) is 24.2. The minimum atomic E-state index is -1.28. The van der Waals surface area contributed by atoms with Gasteiger partial charge in [0.15, 0.2) is 5.60 Å². The van der Waals surface area contributed by atoms with Gasteiger partial charge >= 0.3 is 5.97 Å². The molecule has 2 heterocycles. The number of carbonyl (C=O) groups excluding carboxylic acids is 1. The van der Waals surface area contributed by atoms with Crippen molar-refractivity contribution in [2.75, 3.05) is 0 Å². The molecule has 2 saturated heterocycles. The Balaban J connectivity index is 1.46. The van der Waals surface area contributed by atoms with Gasteiger partial charge in [-0.15, -0.1) is 0 Å². The van der Waals surface area contributed by atoms with Crippen molar-refractivity contribution in [3.8, 4) is 0 Å². The molecule has 35 heavy (non-hydrogen) atoms. The quantitative estimate of drug-likeness (QED) is 0.498. The summed E-state index contributed by atoms with van der Waals surface area (Å²) in [5.41, 5.74) is -1.69. The molecule has 2 N–H and O–H groups in total. The van der Waals surface area contributed by atoms with Crippen molar-refractivity contribution in [1.29, 1.82) is 0 Å². The Morgan fingerprint density at radius 3 is 2.29 bits per heavy atom. The molecule has 0 amide bonds. The number of allylic oxidation sites excluding steroid dienone is 4. The van der Waals surface area contributed by atoms with Crippen molar-refractivity contribution in [3.63, 3.8) is 0 Å². The minimum Gasteiger partial charge on any atom is -0.453 e. The summed E-state index contributed by atoms with van der Waals surface area (Å²) in [6, 6.07) is 0. The molecule has 2 saturated carbocycles. The van der Waals surface area contributed by atoms with Crippen molar-refractivity contribution < 1.29 is 24.5 Å². The van der Waals surface area contributed by atoms with E-state index in [1.807, 2.05) is 6.92 Å². The zero-order valence-electron chi connectivity index (χ0n) is 22.7. The van der Waals surface area contributed by atoms with Gasteiger partial charge in [0.2, 0.25) is 0 Å². The van der Waals surface area contributed by atoms with E-state index < -0.39 is 22.0 Å². The van der Waals surface area contributed by atoms with Crippen molar-refractivity contribution in [2.45, 2.75) is 129 Å². The summed E-state index contributed by atoms with van der Waals surface area (Å²) >= 11 is 0. The number of hydrogen-bond acceptors (Lipinski definition) is 5. The maximum Gasteiger partial charge on any atom is 0.317 e. The van der Waals surface area contributed by atoms with Crippen LogP contribution in [-0.2, 0) is 14.3 Å². The Morgan fingerprint density at radius 2 is 1.63 bits per heavy atom. The Labute approximate surface area is 210 Å². The monoisotopic (exact) mass is 484 g/mol. The fourth-order valence-corrected chi connectivity index (χ4v) is 9.98. The van der Waals surface area contributed by atoms with E-state index >= 15 is 0 Å². The van der Waals surface area contributed by atoms with E-state index in [1.165, 1.54) is 11.1 Å². The van der Waals surface area contributed by atoms with Crippen molar-refractivity contribution >= 4 is 5.97 Å². The highest BCUT2D eigenvalue weighted by Crippen LogP contribution is 2.76. The van der Waals surface area contributed by atoms with Crippen LogP contribution >= 0.6 is 0 Å². The lowest BCUT2D eigenvalue weighted by Crippen LogP contribution is -2.64. The van der Waals surface area contributed by atoms with Crippen molar-refractivity contribution in [3.05, 3.63) is 23.3 Å². The molecule has 0 aromatic heterocycles. The average molecular weight is 485 g/mol. The van der Waals surface area contributed by atoms with Gasteiger partial charge in [-0.25, -0.2) is 0 Å². The third-order valence-electron chi connectivity index (χ3n) is 12.3. The third kappa shape index (κ3) is 2.50. The van der Waals surface area contributed by atoms with E-state index in [-0.39, 0.29) is 34.6 Å². The van der Waals surface area contributed by atoms with Crippen LogP contribution < -0.4 is 0 Å². The molecule has 5 nitrogen and oxygen atoms in total. The zero-order valence-corrected chi connectivity index (χ0v) is 22.7. The van der Waals surface area contributed by atoms with Gasteiger partial charge in [0.1, 0.15) is 17.1 Å². The summed E-state index contributed by atoms with van der Waals surface area (Å²) in [4.78, 5) is 14.0. The second-order valence-electron chi connectivity index (χ2n) is 14.5. The van der Waals surface area contributed by atoms with Gasteiger partial charge in [0.05, 0.1) is 11.7 Å². The van der Waals surface area contributed by atoms with Gasteiger partial charge in [-0.3, -0.25) is 4.79 Å². The second kappa shape index (κ2) is 6.63. The topological polar surface area (TPSA) is 76.0 Å². The molecule has 0 aromatic carbocycles. The smallest absolute Gasteiger partial charge is 0.317 e. The van der Waals surface area contributed by atoms with E-state index in [0.717, 1.165) is 38.5 Å². The van der Waals surface area contributed by atoms with E-state index in [2.05, 4.69) is 53.7 Å². The fourth-order valence-electron chi connectivity index (χ4n) is 9.98. The molecular weight excluding hydrogens is 440 g/mol.